The Hall–Kier alpha value is -1.30. The van der Waals surface area contributed by atoms with Crippen LogP contribution >= 0.6 is 22.6 Å². The van der Waals surface area contributed by atoms with Crippen molar-refractivity contribution in [2.75, 3.05) is 55.1 Å². The third-order valence-corrected chi connectivity index (χ3v) is 7.19. The second-order valence-corrected chi connectivity index (χ2v) is 11.7. The van der Waals surface area contributed by atoms with Crippen LogP contribution in [0.25, 0.3) is 0 Å². The third kappa shape index (κ3) is 5.89. The number of hydrogen-bond acceptors (Lipinski definition) is 5. The maximum atomic E-state index is 11.8. The summed E-state index contributed by atoms with van der Waals surface area (Å²) in [6, 6.07) is 8.79. The van der Waals surface area contributed by atoms with E-state index in [1.165, 1.54) is 40.8 Å². The van der Waals surface area contributed by atoms with Crippen molar-refractivity contribution >= 4 is 49.7 Å². The summed E-state index contributed by atoms with van der Waals surface area (Å²) in [4.78, 5) is 7.48. The molecule has 2 saturated heterocycles. The first-order valence-electron chi connectivity index (χ1n) is 10.5. The maximum Gasteiger partial charge on any atom is 0.159 e. The molecule has 2 aliphatic rings. The smallest absolute Gasteiger partial charge is 0.159 e. The highest BCUT2D eigenvalue weighted by Crippen LogP contribution is 2.28. The van der Waals surface area contributed by atoms with E-state index in [1.807, 2.05) is 16.9 Å². The Bertz CT molecular complexity index is 962. The van der Waals surface area contributed by atoms with Gasteiger partial charge in [-0.15, -0.1) is 0 Å². The number of anilines is 2. The molecule has 4 rings (SSSR count). The normalized spacial score (nSPS) is 20.4. The Kier molecular flexibility index (Phi) is 6.91. The highest BCUT2D eigenvalue weighted by molar-refractivity contribution is 14.1. The molecule has 164 valence electrons. The van der Waals surface area contributed by atoms with E-state index in [2.05, 4.69) is 71.2 Å². The number of aromatic nitrogens is 2. The zero-order valence-corrected chi connectivity index (χ0v) is 20.6. The van der Waals surface area contributed by atoms with E-state index in [0.717, 1.165) is 39.4 Å². The predicted octanol–water partition coefficient (Wildman–Crippen LogP) is 2.54. The molecule has 1 N–H and O–H groups in total. The number of benzene rings is 1. The molecular weight excluding hydrogens is 511 g/mol. The predicted molar refractivity (Wildman–Crippen MR) is 134 cm³/mol. The Morgan fingerprint density at radius 1 is 1.10 bits per heavy atom. The van der Waals surface area contributed by atoms with Crippen LogP contribution in [0.15, 0.2) is 30.5 Å². The number of piperazine rings is 1. The van der Waals surface area contributed by atoms with Gasteiger partial charge in [0, 0.05) is 77.6 Å². The summed E-state index contributed by atoms with van der Waals surface area (Å²) >= 11 is 2.47. The zero-order valence-electron chi connectivity index (χ0n) is 17.6. The Morgan fingerprint density at radius 3 is 2.50 bits per heavy atom. The highest BCUT2D eigenvalue weighted by atomic mass is 127. The van der Waals surface area contributed by atoms with Crippen LogP contribution in [0.2, 0.25) is 0 Å². The molecule has 1 aromatic heterocycles. The number of nitrogens with one attached hydrogen (secondary N) is 1. The van der Waals surface area contributed by atoms with Crippen molar-refractivity contribution in [3.05, 3.63) is 39.6 Å². The van der Waals surface area contributed by atoms with E-state index >= 15 is 0 Å². The van der Waals surface area contributed by atoms with E-state index in [9.17, 15) is 4.21 Å². The first-order valence-corrected chi connectivity index (χ1v) is 13.7. The summed E-state index contributed by atoms with van der Waals surface area (Å²) in [6.45, 7) is 8.28. The topological polar surface area (TPSA) is 56.6 Å². The van der Waals surface area contributed by atoms with Crippen LogP contribution in [0.4, 0.5) is 11.5 Å². The van der Waals surface area contributed by atoms with Crippen molar-refractivity contribution in [3.63, 3.8) is 0 Å². The molecule has 0 aliphatic carbocycles. The molecule has 2 fully saturated rings. The SMILES string of the molecule is C=S(C)(=O)Nc1ccn(CN2CCN(Cc3ccc(I)c(N4CCCC4)c3)CC2)n1. The van der Waals surface area contributed by atoms with Gasteiger partial charge < -0.3 is 4.90 Å². The fourth-order valence-electron chi connectivity index (χ4n) is 4.12. The minimum absolute atomic E-state index is 0.614. The van der Waals surface area contributed by atoms with Gasteiger partial charge in [0.2, 0.25) is 0 Å². The van der Waals surface area contributed by atoms with Crippen LogP contribution in [0.1, 0.15) is 18.4 Å². The van der Waals surface area contributed by atoms with Crippen LogP contribution < -0.4 is 9.62 Å². The van der Waals surface area contributed by atoms with Gasteiger partial charge in [0.1, 0.15) is 0 Å². The highest BCUT2D eigenvalue weighted by Gasteiger charge is 2.19. The van der Waals surface area contributed by atoms with Gasteiger partial charge in [-0.3, -0.25) is 19.2 Å². The second kappa shape index (κ2) is 9.46. The van der Waals surface area contributed by atoms with Crippen molar-refractivity contribution in [2.24, 2.45) is 0 Å². The fourth-order valence-corrected chi connectivity index (χ4v) is 5.35. The van der Waals surface area contributed by atoms with Gasteiger partial charge in [0.05, 0.1) is 12.4 Å². The van der Waals surface area contributed by atoms with Crippen molar-refractivity contribution < 1.29 is 4.21 Å². The third-order valence-electron chi connectivity index (χ3n) is 5.63. The van der Waals surface area contributed by atoms with Gasteiger partial charge in [-0.2, -0.15) is 5.10 Å². The molecule has 1 aromatic carbocycles. The average molecular weight is 542 g/mol. The molecule has 1 unspecified atom stereocenters. The molecule has 0 spiro atoms. The van der Waals surface area contributed by atoms with Gasteiger partial charge in [-0.25, -0.2) is 4.21 Å². The maximum absolute atomic E-state index is 11.8. The average Bonchev–Trinajstić information content (AvgIpc) is 3.36. The number of hydrogen-bond donors (Lipinski definition) is 1. The van der Waals surface area contributed by atoms with E-state index in [4.69, 9.17) is 0 Å². The van der Waals surface area contributed by atoms with Gasteiger partial charge in [-0.1, -0.05) is 6.07 Å². The largest absolute Gasteiger partial charge is 0.371 e. The van der Waals surface area contributed by atoms with Gasteiger partial charge in [0.25, 0.3) is 0 Å². The molecule has 7 nitrogen and oxygen atoms in total. The molecule has 0 radical (unpaired) electrons. The minimum Gasteiger partial charge on any atom is -0.371 e. The first kappa shape index (κ1) is 21.9. The monoisotopic (exact) mass is 542 g/mol. The second-order valence-electron chi connectivity index (χ2n) is 8.36. The summed E-state index contributed by atoms with van der Waals surface area (Å²) in [5, 5.41) is 4.46. The van der Waals surface area contributed by atoms with Gasteiger partial charge >= 0.3 is 0 Å². The van der Waals surface area contributed by atoms with E-state index in [0.29, 0.717) is 5.82 Å². The Labute approximate surface area is 193 Å². The standard InChI is InChI=1S/C21H31IN6OS/c1-30(2,29)24-21-7-10-28(23-21)17-26-13-11-25(12-14-26)16-18-5-6-19(22)20(15-18)27-8-3-4-9-27/h5-7,10,15H,1,3-4,8-9,11-14,16-17H2,2H3,(H,23,24,29). The number of rotatable bonds is 7. The molecule has 3 heterocycles. The molecule has 9 heteroatoms. The summed E-state index contributed by atoms with van der Waals surface area (Å²) in [5.74, 6) is 4.23. The van der Waals surface area contributed by atoms with Crippen molar-refractivity contribution in [1.29, 1.82) is 0 Å². The van der Waals surface area contributed by atoms with Crippen molar-refractivity contribution in [2.45, 2.75) is 26.1 Å². The van der Waals surface area contributed by atoms with E-state index in [-0.39, 0.29) is 0 Å². The van der Waals surface area contributed by atoms with Crippen LogP contribution in [-0.4, -0.2) is 75.2 Å². The lowest BCUT2D eigenvalue weighted by molar-refractivity contribution is 0.0989. The number of nitrogens with zero attached hydrogens (tertiary/aromatic N) is 5. The quantitative estimate of drug-likeness (QED) is 0.431. The molecule has 2 aliphatic heterocycles. The fraction of sp³-hybridized carbons (Fsp3) is 0.524. The summed E-state index contributed by atoms with van der Waals surface area (Å²) in [5.41, 5.74) is 2.82. The zero-order chi connectivity index (χ0) is 21.1. The Morgan fingerprint density at radius 2 is 1.80 bits per heavy atom. The summed E-state index contributed by atoms with van der Waals surface area (Å²) in [7, 11) is -2.30. The lowest BCUT2D eigenvalue weighted by atomic mass is 10.1. The summed E-state index contributed by atoms with van der Waals surface area (Å²) in [6.07, 6.45) is 6.11. The van der Waals surface area contributed by atoms with E-state index < -0.39 is 9.71 Å². The minimum atomic E-state index is -2.30. The summed E-state index contributed by atoms with van der Waals surface area (Å²) < 4.78 is 17.9. The molecule has 0 amide bonds. The molecule has 0 saturated carbocycles. The van der Waals surface area contributed by atoms with Crippen molar-refractivity contribution in [3.8, 4) is 0 Å². The molecule has 1 atom stereocenters. The van der Waals surface area contributed by atoms with Crippen LogP contribution in [0.5, 0.6) is 0 Å². The molecule has 30 heavy (non-hydrogen) atoms. The first-order chi connectivity index (χ1) is 14.4. The van der Waals surface area contributed by atoms with Crippen LogP contribution in [0.3, 0.4) is 0 Å². The molecule has 2 aromatic rings. The van der Waals surface area contributed by atoms with Gasteiger partial charge in [0.15, 0.2) is 5.82 Å². The Balaban J connectivity index is 1.28. The number of halogens is 1. The van der Waals surface area contributed by atoms with Crippen LogP contribution in [0, 0.1) is 3.57 Å². The molecular formula is C21H31IN6OS. The molecule has 0 bridgehead atoms. The lowest BCUT2D eigenvalue weighted by Gasteiger charge is -2.34. The van der Waals surface area contributed by atoms with Gasteiger partial charge in [-0.05, 0) is 59.0 Å². The van der Waals surface area contributed by atoms with Crippen molar-refractivity contribution in [1.82, 2.24) is 19.6 Å². The lowest BCUT2D eigenvalue weighted by Crippen LogP contribution is -2.46. The van der Waals surface area contributed by atoms with Crippen LogP contribution in [-0.2, 0) is 22.9 Å². The van der Waals surface area contributed by atoms with E-state index in [1.54, 1.807) is 6.26 Å².